The van der Waals surface area contributed by atoms with Crippen LogP contribution in [0.2, 0.25) is 0 Å². The summed E-state index contributed by atoms with van der Waals surface area (Å²) in [6.45, 7) is 4.49. The van der Waals surface area contributed by atoms with Crippen LogP contribution in [0.5, 0.6) is 11.5 Å². The Balaban J connectivity index is 2.00. The Morgan fingerprint density at radius 2 is 1.78 bits per heavy atom. The van der Waals surface area contributed by atoms with Crippen LogP contribution in [0, 0.1) is 11.8 Å². The van der Waals surface area contributed by atoms with Crippen molar-refractivity contribution in [2.24, 2.45) is 11.8 Å². The number of benzene rings is 1. The lowest BCUT2D eigenvalue weighted by Crippen LogP contribution is -2.43. The van der Waals surface area contributed by atoms with E-state index in [1.807, 2.05) is 18.2 Å². The van der Waals surface area contributed by atoms with Gasteiger partial charge in [0.25, 0.3) is 0 Å². The van der Waals surface area contributed by atoms with Gasteiger partial charge in [0.1, 0.15) is 11.5 Å². The van der Waals surface area contributed by atoms with E-state index in [1.165, 1.54) is 12.8 Å². The summed E-state index contributed by atoms with van der Waals surface area (Å²) in [6, 6.07) is 5.83. The molecule has 3 unspecified atom stereocenters. The molecule has 126 valence electrons. The topological polar surface area (TPSA) is 47.6 Å². The van der Waals surface area contributed by atoms with Crippen molar-refractivity contribution < 1.29 is 14.3 Å². The number of hydrogen-bond donors (Lipinski definition) is 1. The zero-order valence-corrected chi connectivity index (χ0v) is 14.5. The summed E-state index contributed by atoms with van der Waals surface area (Å²) in [6.07, 6.45) is 6.88. The van der Waals surface area contributed by atoms with E-state index in [9.17, 15) is 4.79 Å². The Hall–Kier alpha value is -1.97. The summed E-state index contributed by atoms with van der Waals surface area (Å²) in [7, 11) is 3.22. The van der Waals surface area contributed by atoms with Crippen LogP contribution in [0.15, 0.2) is 24.3 Å². The zero-order valence-electron chi connectivity index (χ0n) is 14.5. The third kappa shape index (κ3) is 4.75. The van der Waals surface area contributed by atoms with Crippen molar-refractivity contribution in [1.29, 1.82) is 0 Å². The van der Waals surface area contributed by atoms with Gasteiger partial charge in [-0.25, -0.2) is 0 Å². The SMILES string of the molecule is COc1cc(/C=C/C(=O)NC2CCCC(C)C2C)cc(OC)c1. The first kappa shape index (κ1) is 17.4. The smallest absolute Gasteiger partial charge is 0.244 e. The molecule has 1 aromatic rings. The minimum Gasteiger partial charge on any atom is -0.497 e. The molecule has 1 saturated carbocycles. The van der Waals surface area contributed by atoms with E-state index in [1.54, 1.807) is 26.4 Å². The van der Waals surface area contributed by atoms with Gasteiger partial charge in [-0.2, -0.15) is 0 Å². The number of rotatable bonds is 5. The Labute approximate surface area is 138 Å². The van der Waals surface area contributed by atoms with Crippen molar-refractivity contribution in [2.75, 3.05) is 14.2 Å². The fraction of sp³-hybridized carbons (Fsp3) is 0.526. The van der Waals surface area contributed by atoms with Crippen molar-refractivity contribution in [1.82, 2.24) is 5.32 Å². The maximum absolute atomic E-state index is 12.2. The van der Waals surface area contributed by atoms with Crippen LogP contribution in [0.1, 0.15) is 38.7 Å². The molecular weight excluding hydrogens is 290 g/mol. The van der Waals surface area contributed by atoms with Crippen molar-refractivity contribution >= 4 is 12.0 Å². The predicted molar refractivity (Wildman–Crippen MR) is 92.7 cm³/mol. The van der Waals surface area contributed by atoms with Gasteiger partial charge >= 0.3 is 0 Å². The average Bonchev–Trinajstić information content (AvgIpc) is 2.56. The molecule has 2 rings (SSSR count). The molecule has 3 atom stereocenters. The lowest BCUT2D eigenvalue weighted by atomic mass is 9.78. The van der Waals surface area contributed by atoms with Crippen molar-refractivity contribution in [3.63, 3.8) is 0 Å². The van der Waals surface area contributed by atoms with Crippen molar-refractivity contribution in [3.05, 3.63) is 29.8 Å². The predicted octanol–water partition coefficient (Wildman–Crippen LogP) is 3.66. The van der Waals surface area contributed by atoms with Crippen LogP contribution in [0.3, 0.4) is 0 Å². The first-order valence-electron chi connectivity index (χ1n) is 8.25. The van der Waals surface area contributed by atoms with Crippen LogP contribution in [0.25, 0.3) is 6.08 Å². The summed E-state index contributed by atoms with van der Waals surface area (Å²) < 4.78 is 10.5. The van der Waals surface area contributed by atoms with E-state index in [2.05, 4.69) is 19.2 Å². The van der Waals surface area contributed by atoms with Crippen LogP contribution in [-0.4, -0.2) is 26.2 Å². The fourth-order valence-corrected chi connectivity index (χ4v) is 3.11. The number of amides is 1. The number of carbonyl (C=O) groups is 1. The van der Waals surface area contributed by atoms with Gasteiger partial charge < -0.3 is 14.8 Å². The minimum absolute atomic E-state index is 0.0438. The minimum atomic E-state index is -0.0438. The van der Waals surface area contributed by atoms with Crippen LogP contribution < -0.4 is 14.8 Å². The molecule has 1 N–H and O–H groups in total. The van der Waals surface area contributed by atoms with Gasteiger partial charge in [-0.15, -0.1) is 0 Å². The van der Waals surface area contributed by atoms with E-state index in [0.29, 0.717) is 23.3 Å². The number of carbonyl (C=O) groups excluding carboxylic acids is 1. The lowest BCUT2D eigenvalue weighted by molar-refractivity contribution is -0.117. The van der Waals surface area contributed by atoms with Crippen molar-refractivity contribution in [3.8, 4) is 11.5 Å². The summed E-state index contributed by atoms with van der Waals surface area (Å²) in [5.41, 5.74) is 0.876. The third-order valence-electron chi connectivity index (χ3n) is 4.84. The number of methoxy groups -OCH3 is 2. The Bertz CT molecular complexity index is 545. The molecule has 4 nitrogen and oxygen atoms in total. The number of ether oxygens (including phenoxy) is 2. The summed E-state index contributed by atoms with van der Waals surface area (Å²) in [5, 5.41) is 3.14. The number of nitrogens with one attached hydrogen (secondary N) is 1. The molecule has 0 heterocycles. The lowest BCUT2D eigenvalue weighted by Gasteiger charge is -2.34. The molecule has 4 heteroatoms. The normalized spacial score (nSPS) is 24.4. The van der Waals surface area contributed by atoms with E-state index >= 15 is 0 Å². The van der Waals surface area contributed by atoms with Gasteiger partial charge in [0.2, 0.25) is 5.91 Å². The van der Waals surface area contributed by atoms with Crippen LogP contribution in [-0.2, 0) is 4.79 Å². The third-order valence-corrected chi connectivity index (χ3v) is 4.84. The first-order valence-corrected chi connectivity index (χ1v) is 8.25. The molecule has 0 spiro atoms. The molecule has 1 amide bonds. The highest BCUT2D eigenvalue weighted by atomic mass is 16.5. The highest BCUT2D eigenvalue weighted by Crippen LogP contribution is 2.29. The molecule has 1 fully saturated rings. The largest absolute Gasteiger partial charge is 0.497 e. The van der Waals surface area contributed by atoms with E-state index in [0.717, 1.165) is 12.0 Å². The summed E-state index contributed by atoms with van der Waals surface area (Å²) >= 11 is 0. The van der Waals surface area contributed by atoms with Gasteiger partial charge in [-0.1, -0.05) is 26.7 Å². The van der Waals surface area contributed by atoms with Gasteiger partial charge in [-0.3, -0.25) is 4.79 Å². The van der Waals surface area contributed by atoms with E-state index < -0.39 is 0 Å². The second-order valence-corrected chi connectivity index (χ2v) is 6.36. The van der Waals surface area contributed by atoms with Gasteiger partial charge in [0, 0.05) is 18.2 Å². The van der Waals surface area contributed by atoms with Crippen LogP contribution in [0.4, 0.5) is 0 Å². The average molecular weight is 317 g/mol. The maximum atomic E-state index is 12.2. The molecular formula is C19H27NO3. The second kappa shape index (κ2) is 8.04. The molecule has 23 heavy (non-hydrogen) atoms. The highest BCUT2D eigenvalue weighted by Gasteiger charge is 2.27. The quantitative estimate of drug-likeness (QED) is 0.843. The Kier molecular flexibility index (Phi) is 6.08. The summed E-state index contributed by atoms with van der Waals surface area (Å²) in [4.78, 5) is 12.2. The molecule has 0 bridgehead atoms. The molecule has 0 aliphatic heterocycles. The standard InChI is InChI=1S/C19H27NO3/c1-13-6-5-7-18(14(13)2)20-19(21)9-8-15-10-16(22-3)12-17(11-15)23-4/h8-14,18H,5-7H2,1-4H3,(H,20,21)/b9-8+. The summed E-state index contributed by atoms with van der Waals surface area (Å²) in [5.74, 6) is 2.56. The molecule has 1 aromatic carbocycles. The van der Waals surface area contributed by atoms with E-state index in [-0.39, 0.29) is 11.9 Å². The zero-order chi connectivity index (χ0) is 16.8. The fourth-order valence-electron chi connectivity index (χ4n) is 3.11. The maximum Gasteiger partial charge on any atom is 0.244 e. The van der Waals surface area contributed by atoms with E-state index in [4.69, 9.17) is 9.47 Å². The van der Waals surface area contributed by atoms with Gasteiger partial charge in [-0.05, 0) is 42.0 Å². The van der Waals surface area contributed by atoms with Crippen molar-refractivity contribution in [2.45, 2.75) is 39.2 Å². The Morgan fingerprint density at radius 1 is 1.13 bits per heavy atom. The Morgan fingerprint density at radius 3 is 2.39 bits per heavy atom. The van der Waals surface area contributed by atoms with Crippen LogP contribution >= 0.6 is 0 Å². The molecule has 1 aliphatic rings. The molecule has 0 aromatic heterocycles. The van der Waals surface area contributed by atoms with Gasteiger partial charge in [0.05, 0.1) is 14.2 Å². The first-order chi connectivity index (χ1) is 11.0. The second-order valence-electron chi connectivity index (χ2n) is 6.36. The number of hydrogen-bond acceptors (Lipinski definition) is 3. The highest BCUT2D eigenvalue weighted by molar-refractivity contribution is 5.92. The molecule has 0 radical (unpaired) electrons. The molecule has 0 saturated heterocycles. The monoisotopic (exact) mass is 317 g/mol. The molecule has 1 aliphatic carbocycles. The van der Waals surface area contributed by atoms with Gasteiger partial charge in [0.15, 0.2) is 0 Å².